The Morgan fingerprint density at radius 3 is 2.79 bits per heavy atom. The molecule has 0 amide bonds. The van der Waals surface area contributed by atoms with Crippen molar-refractivity contribution in [2.45, 2.75) is 24.6 Å². The molecule has 0 radical (unpaired) electrons. The van der Waals surface area contributed by atoms with E-state index in [1.807, 2.05) is 18.2 Å². The Kier molecular flexibility index (Phi) is 5.36. The van der Waals surface area contributed by atoms with Crippen molar-refractivity contribution in [3.63, 3.8) is 0 Å². The third kappa shape index (κ3) is 4.03. The normalized spacial score (nSPS) is 17.0. The molecule has 0 saturated carbocycles. The van der Waals surface area contributed by atoms with Gasteiger partial charge in [-0.3, -0.25) is 0 Å². The summed E-state index contributed by atoms with van der Waals surface area (Å²) in [7, 11) is 0. The van der Waals surface area contributed by atoms with E-state index in [0.29, 0.717) is 18.5 Å². The molecule has 0 aliphatic carbocycles. The average Bonchev–Trinajstić information content (AvgIpc) is 2.44. The Bertz CT molecular complexity index is 414. The molecule has 1 heterocycles. The SMILES string of the molecule is CC(CCO)SCC(N)c1ccc2c(c1)OCCO2. The highest BCUT2D eigenvalue weighted by molar-refractivity contribution is 7.99. The molecule has 1 aromatic rings. The Morgan fingerprint density at radius 1 is 1.32 bits per heavy atom. The minimum absolute atomic E-state index is 0.0260. The van der Waals surface area contributed by atoms with Gasteiger partial charge in [0.1, 0.15) is 13.2 Å². The van der Waals surface area contributed by atoms with Crippen LogP contribution >= 0.6 is 11.8 Å². The monoisotopic (exact) mass is 283 g/mol. The molecule has 4 nitrogen and oxygen atoms in total. The second-order valence-electron chi connectivity index (χ2n) is 4.67. The van der Waals surface area contributed by atoms with Crippen LogP contribution in [0, 0.1) is 0 Å². The van der Waals surface area contributed by atoms with Gasteiger partial charge in [-0.2, -0.15) is 11.8 Å². The molecule has 0 bridgehead atoms. The first-order valence-electron chi connectivity index (χ1n) is 6.58. The lowest BCUT2D eigenvalue weighted by Crippen LogP contribution is -2.18. The quantitative estimate of drug-likeness (QED) is 0.835. The van der Waals surface area contributed by atoms with Gasteiger partial charge in [0, 0.05) is 23.7 Å². The standard InChI is InChI=1S/C14H21NO3S/c1-10(4-5-16)19-9-12(15)11-2-3-13-14(8-11)18-7-6-17-13/h2-3,8,10,12,16H,4-7,9,15H2,1H3. The topological polar surface area (TPSA) is 64.7 Å². The van der Waals surface area contributed by atoms with Crippen LogP contribution in [-0.4, -0.2) is 35.9 Å². The summed E-state index contributed by atoms with van der Waals surface area (Å²) in [5.74, 6) is 2.41. The zero-order chi connectivity index (χ0) is 13.7. The van der Waals surface area contributed by atoms with Crippen molar-refractivity contribution in [3.8, 4) is 11.5 Å². The van der Waals surface area contributed by atoms with E-state index >= 15 is 0 Å². The first-order chi connectivity index (χ1) is 9.20. The number of ether oxygens (including phenoxy) is 2. The molecule has 5 heteroatoms. The summed E-state index contributed by atoms with van der Waals surface area (Å²) in [4.78, 5) is 0. The van der Waals surface area contributed by atoms with E-state index in [1.54, 1.807) is 11.8 Å². The van der Waals surface area contributed by atoms with Crippen molar-refractivity contribution in [2.24, 2.45) is 5.73 Å². The van der Waals surface area contributed by atoms with Gasteiger partial charge in [-0.25, -0.2) is 0 Å². The van der Waals surface area contributed by atoms with E-state index in [4.69, 9.17) is 20.3 Å². The van der Waals surface area contributed by atoms with Gasteiger partial charge in [0.2, 0.25) is 0 Å². The van der Waals surface area contributed by atoms with Gasteiger partial charge in [-0.15, -0.1) is 0 Å². The van der Waals surface area contributed by atoms with E-state index < -0.39 is 0 Å². The van der Waals surface area contributed by atoms with Crippen molar-refractivity contribution in [2.75, 3.05) is 25.6 Å². The molecule has 3 N–H and O–H groups in total. The van der Waals surface area contributed by atoms with Gasteiger partial charge in [-0.1, -0.05) is 13.0 Å². The van der Waals surface area contributed by atoms with Gasteiger partial charge in [0.25, 0.3) is 0 Å². The fourth-order valence-electron chi connectivity index (χ4n) is 1.92. The molecule has 19 heavy (non-hydrogen) atoms. The number of rotatable bonds is 6. The van der Waals surface area contributed by atoms with Crippen molar-refractivity contribution < 1.29 is 14.6 Å². The molecule has 1 aliphatic heterocycles. The minimum atomic E-state index is -0.0260. The summed E-state index contributed by atoms with van der Waals surface area (Å²) in [5.41, 5.74) is 7.26. The fourth-order valence-corrected chi connectivity index (χ4v) is 2.92. The molecule has 0 saturated heterocycles. The predicted octanol–water partition coefficient (Wildman–Crippen LogP) is 1.96. The molecule has 0 aromatic heterocycles. The Morgan fingerprint density at radius 2 is 2.05 bits per heavy atom. The zero-order valence-corrected chi connectivity index (χ0v) is 12.0. The van der Waals surface area contributed by atoms with E-state index in [1.165, 1.54) is 0 Å². The molecule has 0 fully saturated rings. The average molecular weight is 283 g/mol. The molecule has 1 aliphatic rings. The molecular weight excluding hydrogens is 262 g/mol. The maximum absolute atomic E-state index is 8.88. The van der Waals surface area contributed by atoms with Crippen LogP contribution in [0.1, 0.15) is 24.9 Å². The molecule has 0 spiro atoms. The van der Waals surface area contributed by atoms with E-state index in [2.05, 4.69) is 6.92 Å². The molecule has 1 aromatic carbocycles. The van der Waals surface area contributed by atoms with Crippen LogP contribution in [0.3, 0.4) is 0 Å². The highest BCUT2D eigenvalue weighted by atomic mass is 32.2. The number of hydrogen-bond donors (Lipinski definition) is 2. The maximum Gasteiger partial charge on any atom is 0.161 e. The number of fused-ring (bicyclic) bond motifs is 1. The Balaban J connectivity index is 1.93. The van der Waals surface area contributed by atoms with Crippen LogP contribution in [0.15, 0.2) is 18.2 Å². The summed E-state index contributed by atoms with van der Waals surface area (Å²) in [6, 6.07) is 5.86. The first-order valence-corrected chi connectivity index (χ1v) is 7.63. The highest BCUT2D eigenvalue weighted by Gasteiger charge is 2.15. The predicted molar refractivity (Wildman–Crippen MR) is 78.0 cm³/mol. The van der Waals surface area contributed by atoms with Gasteiger partial charge >= 0.3 is 0 Å². The lowest BCUT2D eigenvalue weighted by Gasteiger charge is -2.21. The summed E-state index contributed by atoms with van der Waals surface area (Å²) in [6.07, 6.45) is 0.804. The first kappa shape index (κ1) is 14.5. The van der Waals surface area contributed by atoms with Gasteiger partial charge < -0.3 is 20.3 Å². The summed E-state index contributed by atoms with van der Waals surface area (Å²) >= 11 is 1.78. The Hall–Kier alpha value is -0.910. The van der Waals surface area contributed by atoms with E-state index in [-0.39, 0.29) is 12.6 Å². The summed E-state index contributed by atoms with van der Waals surface area (Å²) in [6.45, 7) is 3.53. The smallest absolute Gasteiger partial charge is 0.161 e. The lowest BCUT2D eigenvalue weighted by molar-refractivity contribution is 0.171. The minimum Gasteiger partial charge on any atom is -0.486 e. The van der Waals surface area contributed by atoms with E-state index in [9.17, 15) is 0 Å². The third-order valence-electron chi connectivity index (χ3n) is 3.09. The number of benzene rings is 1. The molecule has 106 valence electrons. The van der Waals surface area contributed by atoms with Crippen molar-refractivity contribution in [3.05, 3.63) is 23.8 Å². The van der Waals surface area contributed by atoms with Crippen molar-refractivity contribution in [1.82, 2.24) is 0 Å². The largest absolute Gasteiger partial charge is 0.486 e. The van der Waals surface area contributed by atoms with Crippen LogP contribution in [0.25, 0.3) is 0 Å². The zero-order valence-electron chi connectivity index (χ0n) is 11.2. The van der Waals surface area contributed by atoms with Crippen molar-refractivity contribution >= 4 is 11.8 Å². The number of thioether (sulfide) groups is 1. The summed E-state index contributed by atoms with van der Waals surface area (Å²) in [5, 5.41) is 9.30. The van der Waals surface area contributed by atoms with Gasteiger partial charge in [0.15, 0.2) is 11.5 Å². The Labute approximate surface area is 118 Å². The van der Waals surface area contributed by atoms with Gasteiger partial charge in [-0.05, 0) is 24.1 Å². The molecular formula is C14H21NO3S. The highest BCUT2D eigenvalue weighted by Crippen LogP contribution is 2.33. The van der Waals surface area contributed by atoms with E-state index in [0.717, 1.165) is 29.2 Å². The number of aliphatic hydroxyl groups is 1. The maximum atomic E-state index is 8.88. The van der Waals surface area contributed by atoms with Crippen LogP contribution < -0.4 is 15.2 Å². The number of aliphatic hydroxyl groups excluding tert-OH is 1. The van der Waals surface area contributed by atoms with Crippen LogP contribution in [0.2, 0.25) is 0 Å². The molecule has 2 unspecified atom stereocenters. The number of hydrogen-bond acceptors (Lipinski definition) is 5. The van der Waals surface area contributed by atoms with Crippen molar-refractivity contribution in [1.29, 1.82) is 0 Å². The van der Waals surface area contributed by atoms with Crippen LogP contribution in [0.5, 0.6) is 11.5 Å². The van der Waals surface area contributed by atoms with Crippen LogP contribution in [-0.2, 0) is 0 Å². The lowest BCUT2D eigenvalue weighted by atomic mass is 10.1. The number of nitrogens with two attached hydrogens (primary N) is 1. The molecule has 2 rings (SSSR count). The van der Waals surface area contributed by atoms with Gasteiger partial charge in [0.05, 0.1) is 0 Å². The fraction of sp³-hybridized carbons (Fsp3) is 0.571. The van der Waals surface area contributed by atoms with Crippen LogP contribution in [0.4, 0.5) is 0 Å². The second-order valence-corrected chi connectivity index (χ2v) is 6.14. The third-order valence-corrected chi connectivity index (χ3v) is 4.45. The molecule has 2 atom stereocenters. The second kappa shape index (κ2) is 7.03. The summed E-state index contributed by atoms with van der Waals surface area (Å²) < 4.78 is 11.0.